The van der Waals surface area contributed by atoms with Crippen LogP contribution < -0.4 is 0 Å². The Bertz CT molecular complexity index is 666. The molecule has 0 aliphatic heterocycles. The van der Waals surface area contributed by atoms with Gasteiger partial charge in [-0.3, -0.25) is 4.68 Å². The molecule has 0 saturated carbocycles. The number of para-hydroxylation sites is 1. The number of rotatable bonds is 2. The molecule has 0 spiro atoms. The summed E-state index contributed by atoms with van der Waals surface area (Å²) in [6.07, 6.45) is 3.98. The second-order valence-electron chi connectivity index (χ2n) is 4.13. The monoisotopic (exact) mass is 337 g/mol. The molecule has 3 rings (SSSR count). The Balaban J connectivity index is 2.08. The largest absolute Gasteiger partial charge is 0.331 e. The van der Waals surface area contributed by atoms with E-state index in [4.69, 9.17) is 0 Å². The molecule has 3 nitrogen and oxygen atoms in total. The first-order chi connectivity index (χ1) is 8.24. The zero-order valence-electron chi connectivity index (χ0n) is 9.47. The van der Waals surface area contributed by atoms with Crippen LogP contribution in [0.2, 0.25) is 0 Å². The maximum atomic E-state index is 4.21. The zero-order chi connectivity index (χ0) is 11.8. The highest BCUT2D eigenvalue weighted by Gasteiger charge is 2.07. The third-order valence-corrected chi connectivity index (χ3v) is 3.75. The van der Waals surface area contributed by atoms with E-state index in [9.17, 15) is 0 Å². The number of hydrogen-bond donors (Lipinski definition) is 0. The molecule has 86 valence electrons. The third kappa shape index (κ3) is 1.97. The van der Waals surface area contributed by atoms with Gasteiger partial charge >= 0.3 is 0 Å². The molecule has 2 aromatic heterocycles. The summed E-state index contributed by atoms with van der Waals surface area (Å²) >= 11 is 2.38. The van der Waals surface area contributed by atoms with Crippen molar-refractivity contribution in [3.8, 4) is 0 Å². The highest BCUT2D eigenvalue weighted by atomic mass is 127. The average Bonchev–Trinajstić information content (AvgIpc) is 2.85. The van der Waals surface area contributed by atoms with Crippen LogP contribution in [0.3, 0.4) is 0 Å². The standard InChI is InChI=1S/C13H12IN3/c1-16-8-10(7-15-16)9-17-12-5-3-2-4-11(12)6-13(17)14/h2-8H,9H2,1H3. The average molecular weight is 337 g/mol. The van der Waals surface area contributed by atoms with Crippen molar-refractivity contribution in [3.05, 3.63) is 52.0 Å². The van der Waals surface area contributed by atoms with Crippen LogP contribution in [0.15, 0.2) is 42.7 Å². The highest BCUT2D eigenvalue weighted by Crippen LogP contribution is 2.22. The Kier molecular flexibility index (Phi) is 2.66. The first-order valence-corrected chi connectivity index (χ1v) is 6.53. The van der Waals surface area contributed by atoms with E-state index in [1.165, 1.54) is 20.2 Å². The molecule has 0 atom stereocenters. The van der Waals surface area contributed by atoms with Gasteiger partial charge in [-0.1, -0.05) is 18.2 Å². The molecule has 0 amide bonds. The molecule has 4 heteroatoms. The van der Waals surface area contributed by atoms with Crippen LogP contribution in [0.25, 0.3) is 10.9 Å². The maximum Gasteiger partial charge on any atom is 0.0812 e. The molecular formula is C13H12IN3. The van der Waals surface area contributed by atoms with Crippen LogP contribution in [0.5, 0.6) is 0 Å². The Morgan fingerprint density at radius 1 is 1.29 bits per heavy atom. The molecule has 0 fully saturated rings. The number of fused-ring (bicyclic) bond motifs is 1. The molecule has 3 aromatic rings. The molecule has 0 bridgehead atoms. The van der Waals surface area contributed by atoms with E-state index in [0.29, 0.717) is 0 Å². The van der Waals surface area contributed by atoms with E-state index in [1.54, 1.807) is 0 Å². The summed E-state index contributed by atoms with van der Waals surface area (Å²) < 4.78 is 5.41. The van der Waals surface area contributed by atoms with E-state index in [2.05, 4.69) is 68.8 Å². The third-order valence-electron chi connectivity index (χ3n) is 2.86. The van der Waals surface area contributed by atoms with Crippen LogP contribution in [-0.2, 0) is 13.6 Å². The summed E-state index contributed by atoms with van der Waals surface area (Å²) in [5.41, 5.74) is 2.51. The van der Waals surface area contributed by atoms with Gasteiger partial charge in [0.25, 0.3) is 0 Å². The minimum atomic E-state index is 0.875. The Hall–Kier alpha value is -1.30. The molecule has 2 heterocycles. The Labute approximate surface area is 113 Å². The van der Waals surface area contributed by atoms with Crippen LogP contribution in [0.4, 0.5) is 0 Å². The van der Waals surface area contributed by atoms with E-state index < -0.39 is 0 Å². The van der Waals surface area contributed by atoms with Gasteiger partial charge in [0.2, 0.25) is 0 Å². The van der Waals surface area contributed by atoms with Gasteiger partial charge in [-0.2, -0.15) is 5.10 Å². The summed E-state index contributed by atoms with van der Waals surface area (Å²) in [6, 6.07) is 10.7. The SMILES string of the molecule is Cn1cc(Cn2c(I)cc3ccccc32)cn1. The summed E-state index contributed by atoms with van der Waals surface area (Å²) in [4.78, 5) is 0. The predicted molar refractivity (Wildman–Crippen MR) is 77.0 cm³/mol. The molecule has 0 radical (unpaired) electrons. The fraction of sp³-hybridized carbons (Fsp3) is 0.154. The number of benzene rings is 1. The fourth-order valence-corrected chi connectivity index (χ4v) is 2.84. The lowest BCUT2D eigenvalue weighted by atomic mass is 10.2. The van der Waals surface area contributed by atoms with Gasteiger partial charge in [-0.15, -0.1) is 0 Å². The molecule has 0 N–H and O–H groups in total. The molecular weight excluding hydrogens is 325 g/mol. The number of aryl methyl sites for hydroxylation is 1. The minimum absolute atomic E-state index is 0.875. The van der Waals surface area contributed by atoms with Crippen LogP contribution in [-0.4, -0.2) is 14.3 Å². The second-order valence-corrected chi connectivity index (χ2v) is 5.24. The number of halogens is 1. The topological polar surface area (TPSA) is 22.8 Å². The lowest BCUT2D eigenvalue weighted by molar-refractivity contribution is 0.763. The van der Waals surface area contributed by atoms with Gasteiger partial charge in [0.1, 0.15) is 0 Å². The zero-order valence-corrected chi connectivity index (χ0v) is 11.6. The highest BCUT2D eigenvalue weighted by molar-refractivity contribution is 14.1. The first kappa shape index (κ1) is 10.8. The quantitative estimate of drug-likeness (QED) is 0.659. The van der Waals surface area contributed by atoms with E-state index >= 15 is 0 Å². The van der Waals surface area contributed by atoms with Crippen molar-refractivity contribution in [3.63, 3.8) is 0 Å². The molecule has 17 heavy (non-hydrogen) atoms. The fourth-order valence-electron chi connectivity index (χ4n) is 2.07. The maximum absolute atomic E-state index is 4.21. The van der Waals surface area contributed by atoms with Crippen LogP contribution in [0.1, 0.15) is 5.56 Å². The molecule has 0 aliphatic rings. The van der Waals surface area contributed by atoms with Gasteiger partial charge in [0.05, 0.1) is 16.4 Å². The smallest absolute Gasteiger partial charge is 0.0812 e. The van der Waals surface area contributed by atoms with E-state index in [0.717, 1.165) is 6.54 Å². The Morgan fingerprint density at radius 2 is 2.12 bits per heavy atom. The van der Waals surface area contributed by atoms with Gasteiger partial charge in [0, 0.05) is 29.7 Å². The Morgan fingerprint density at radius 3 is 2.88 bits per heavy atom. The summed E-state index contributed by atoms with van der Waals surface area (Å²) in [5, 5.41) is 5.50. The van der Waals surface area contributed by atoms with Crippen molar-refractivity contribution in [2.45, 2.75) is 6.54 Å². The number of nitrogens with zero attached hydrogens (tertiary/aromatic N) is 3. The van der Waals surface area contributed by atoms with Crippen LogP contribution in [0, 0.1) is 3.70 Å². The van der Waals surface area contributed by atoms with Crippen molar-refractivity contribution >= 4 is 33.5 Å². The van der Waals surface area contributed by atoms with E-state index in [1.807, 2.05) is 17.9 Å². The van der Waals surface area contributed by atoms with Gasteiger partial charge in [-0.25, -0.2) is 0 Å². The second kappa shape index (κ2) is 4.18. The predicted octanol–water partition coefficient (Wildman–Crippen LogP) is 3.03. The minimum Gasteiger partial charge on any atom is -0.331 e. The number of aromatic nitrogens is 3. The van der Waals surface area contributed by atoms with Gasteiger partial charge in [-0.05, 0) is 34.7 Å². The summed E-state index contributed by atoms with van der Waals surface area (Å²) in [7, 11) is 1.95. The van der Waals surface area contributed by atoms with Gasteiger partial charge in [0.15, 0.2) is 0 Å². The molecule has 1 aromatic carbocycles. The van der Waals surface area contributed by atoms with Crippen LogP contribution >= 0.6 is 22.6 Å². The van der Waals surface area contributed by atoms with Crippen molar-refractivity contribution in [2.75, 3.05) is 0 Å². The molecule has 0 saturated heterocycles. The first-order valence-electron chi connectivity index (χ1n) is 5.45. The van der Waals surface area contributed by atoms with Crippen molar-refractivity contribution in [2.24, 2.45) is 7.05 Å². The summed E-state index contributed by atoms with van der Waals surface area (Å²) in [5.74, 6) is 0. The lowest BCUT2D eigenvalue weighted by Gasteiger charge is -2.05. The van der Waals surface area contributed by atoms with E-state index in [-0.39, 0.29) is 0 Å². The summed E-state index contributed by atoms with van der Waals surface area (Å²) in [6.45, 7) is 0.875. The van der Waals surface area contributed by atoms with Gasteiger partial charge < -0.3 is 4.57 Å². The van der Waals surface area contributed by atoms with Crippen molar-refractivity contribution < 1.29 is 0 Å². The van der Waals surface area contributed by atoms with Crippen molar-refractivity contribution in [1.29, 1.82) is 0 Å². The molecule has 0 aliphatic carbocycles. The number of hydrogen-bond acceptors (Lipinski definition) is 1. The molecule has 0 unspecified atom stereocenters. The normalized spacial score (nSPS) is 11.2. The lowest BCUT2D eigenvalue weighted by Crippen LogP contribution is -2.00. The van der Waals surface area contributed by atoms with Crippen molar-refractivity contribution in [1.82, 2.24) is 14.3 Å².